The van der Waals surface area contributed by atoms with Gasteiger partial charge >= 0.3 is 6.09 Å². The summed E-state index contributed by atoms with van der Waals surface area (Å²) < 4.78 is 7.17. The number of nitrogens with zero attached hydrogens (tertiary/aromatic N) is 5. The Bertz CT molecular complexity index is 1270. The Balaban J connectivity index is 1.26. The maximum atomic E-state index is 13.4. The van der Waals surface area contributed by atoms with Crippen LogP contribution >= 0.6 is 0 Å². The molecule has 0 aliphatic carbocycles. The van der Waals surface area contributed by atoms with Gasteiger partial charge in [0, 0.05) is 26.7 Å². The lowest BCUT2D eigenvalue weighted by Gasteiger charge is -2.41. The lowest BCUT2D eigenvalue weighted by Crippen LogP contribution is -2.63. The van der Waals surface area contributed by atoms with Crippen molar-refractivity contribution in [1.29, 1.82) is 0 Å². The van der Waals surface area contributed by atoms with Gasteiger partial charge in [-0.1, -0.05) is 41.6 Å². The number of aromatic nitrogens is 3. The molecule has 2 N–H and O–H groups in total. The van der Waals surface area contributed by atoms with Crippen LogP contribution in [0.4, 0.5) is 4.79 Å². The average molecular weight is 506 g/mol. The molecule has 11 heteroatoms. The largest absolute Gasteiger partial charge is 0.445 e. The highest BCUT2D eigenvalue weighted by atomic mass is 16.6. The quantitative estimate of drug-likeness (QED) is 0.516. The molecule has 2 atom stereocenters. The van der Waals surface area contributed by atoms with E-state index < -0.39 is 12.1 Å². The number of nitrogens with one attached hydrogen (secondary N) is 2. The van der Waals surface area contributed by atoms with Crippen LogP contribution in [0.15, 0.2) is 48.5 Å². The number of piperazine rings is 1. The second-order valence-electron chi connectivity index (χ2n) is 9.44. The maximum absolute atomic E-state index is 13.4. The normalized spacial score (nSPS) is 19.7. The Morgan fingerprint density at radius 2 is 1.95 bits per heavy atom. The van der Waals surface area contributed by atoms with E-state index in [2.05, 4.69) is 20.9 Å². The average Bonchev–Trinajstić information content (AvgIpc) is 3.60. The van der Waals surface area contributed by atoms with Crippen LogP contribution in [0.5, 0.6) is 0 Å². The topological polar surface area (TPSA) is 122 Å². The van der Waals surface area contributed by atoms with E-state index in [1.807, 2.05) is 55.6 Å². The highest BCUT2D eigenvalue weighted by molar-refractivity contribution is 5.91. The number of ether oxygens (including phenoxy) is 1. The van der Waals surface area contributed by atoms with Crippen LogP contribution in [0, 0.1) is 0 Å². The lowest BCUT2D eigenvalue weighted by atomic mass is 10.1. The van der Waals surface area contributed by atoms with Crippen LogP contribution < -0.4 is 10.6 Å². The highest BCUT2D eigenvalue weighted by Gasteiger charge is 2.40. The molecule has 3 aromatic rings. The molecule has 11 nitrogen and oxygen atoms in total. The molecule has 37 heavy (non-hydrogen) atoms. The minimum Gasteiger partial charge on any atom is -0.445 e. The van der Waals surface area contributed by atoms with Crippen LogP contribution in [0.2, 0.25) is 0 Å². The van der Waals surface area contributed by atoms with Gasteiger partial charge in [0.15, 0.2) is 0 Å². The first-order valence-electron chi connectivity index (χ1n) is 12.5. The van der Waals surface area contributed by atoms with E-state index in [4.69, 9.17) is 4.74 Å². The zero-order chi connectivity index (χ0) is 25.8. The van der Waals surface area contributed by atoms with Crippen molar-refractivity contribution in [1.82, 2.24) is 35.4 Å². The molecule has 0 bridgehead atoms. The van der Waals surface area contributed by atoms with Crippen molar-refractivity contribution in [2.24, 2.45) is 7.05 Å². The van der Waals surface area contributed by atoms with Crippen molar-refractivity contribution >= 4 is 28.9 Å². The third-order valence-electron chi connectivity index (χ3n) is 6.93. The van der Waals surface area contributed by atoms with Crippen molar-refractivity contribution in [2.75, 3.05) is 26.2 Å². The van der Waals surface area contributed by atoms with E-state index in [9.17, 15) is 14.4 Å². The Morgan fingerprint density at radius 3 is 2.73 bits per heavy atom. The lowest BCUT2D eigenvalue weighted by molar-refractivity contribution is -0.145. The summed E-state index contributed by atoms with van der Waals surface area (Å²) in [4.78, 5) is 42.6. The molecule has 1 aromatic heterocycles. The number of hydrogen-bond donors (Lipinski definition) is 2. The van der Waals surface area contributed by atoms with Crippen molar-refractivity contribution in [3.05, 3.63) is 59.7 Å². The first-order chi connectivity index (χ1) is 18.0. The number of carbonyl (C=O) groups is 3. The van der Waals surface area contributed by atoms with E-state index >= 15 is 0 Å². The number of rotatable bonds is 6. The van der Waals surface area contributed by atoms with E-state index in [-0.39, 0.29) is 44.1 Å². The molecule has 194 valence electrons. The summed E-state index contributed by atoms with van der Waals surface area (Å²) >= 11 is 0. The van der Waals surface area contributed by atoms with Gasteiger partial charge in [-0.2, -0.15) is 0 Å². The summed E-state index contributed by atoms with van der Waals surface area (Å²) in [6.07, 6.45) is 1.16. The second kappa shape index (κ2) is 11.0. The van der Waals surface area contributed by atoms with E-state index in [0.29, 0.717) is 6.54 Å². The summed E-state index contributed by atoms with van der Waals surface area (Å²) in [5.74, 6) is -0.415. The van der Waals surface area contributed by atoms with Gasteiger partial charge in [0.25, 0.3) is 0 Å². The first kappa shape index (κ1) is 24.7. The van der Waals surface area contributed by atoms with Crippen molar-refractivity contribution < 1.29 is 19.1 Å². The fourth-order valence-electron chi connectivity index (χ4n) is 4.85. The third-order valence-corrected chi connectivity index (χ3v) is 6.93. The predicted molar refractivity (Wildman–Crippen MR) is 135 cm³/mol. The van der Waals surface area contributed by atoms with Crippen LogP contribution in [-0.2, 0) is 34.5 Å². The summed E-state index contributed by atoms with van der Waals surface area (Å²) in [5, 5.41) is 14.3. The monoisotopic (exact) mass is 505 g/mol. The summed E-state index contributed by atoms with van der Waals surface area (Å²) in [7, 11) is 1.82. The first-order valence-corrected chi connectivity index (χ1v) is 12.5. The highest BCUT2D eigenvalue weighted by Crippen LogP contribution is 2.18. The summed E-state index contributed by atoms with van der Waals surface area (Å²) in [6, 6.07) is 14.0. The molecular formula is C26H31N7O4. The molecule has 2 aliphatic rings. The molecule has 3 heterocycles. The number of hydrogen-bond acceptors (Lipinski definition) is 7. The Morgan fingerprint density at radius 1 is 1.11 bits per heavy atom. The number of amides is 3. The maximum Gasteiger partial charge on any atom is 0.410 e. The van der Waals surface area contributed by atoms with Gasteiger partial charge in [-0.05, 0) is 42.6 Å². The SMILES string of the molecule is Cn1nnc2cc(CNC(=O)[C@@H]3CN(C(=O)OCc4ccccc4)CCN3C(=O)[C@H]3CCCN3)ccc21. The number of benzene rings is 2. The molecule has 0 unspecified atom stereocenters. The van der Waals surface area contributed by atoms with Gasteiger partial charge in [0.1, 0.15) is 18.2 Å². The van der Waals surface area contributed by atoms with Gasteiger partial charge in [-0.15, -0.1) is 5.10 Å². The predicted octanol–water partition coefficient (Wildman–Crippen LogP) is 1.19. The molecule has 0 radical (unpaired) electrons. The Kier molecular flexibility index (Phi) is 7.31. The zero-order valence-corrected chi connectivity index (χ0v) is 20.8. The summed E-state index contributed by atoms with van der Waals surface area (Å²) in [5.41, 5.74) is 3.38. The van der Waals surface area contributed by atoms with Crippen molar-refractivity contribution in [2.45, 2.75) is 38.1 Å². The van der Waals surface area contributed by atoms with Crippen LogP contribution in [-0.4, -0.2) is 81.0 Å². The van der Waals surface area contributed by atoms with Crippen LogP contribution in [0.25, 0.3) is 11.0 Å². The minimum atomic E-state index is -0.812. The van der Waals surface area contributed by atoms with E-state index in [1.165, 1.54) is 4.90 Å². The molecule has 2 aromatic carbocycles. The number of fused-ring (bicyclic) bond motifs is 1. The summed E-state index contributed by atoms with van der Waals surface area (Å²) in [6.45, 7) is 1.84. The van der Waals surface area contributed by atoms with Crippen LogP contribution in [0.1, 0.15) is 24.0 Å². The molecule has 5 rings (SSSR count). The molecule has 2 aliphatic heterocycles. The van der Waals surface area contributed by atoms with Gasteiger partial charge in [0.2, 0.25) is 11.8 Å². The molecule has 2 saturated heterocycles. The fourth-order valence-corrected chi connectivity index (χ4v) is 4.85. The molecular weight excluding hydrogens is 474 g/mol. The molecule has 3 amide bonds. The Hall–Kier alpha value is -3.99. The zero-order valence-electron chi connectivity index (χ0n) is 20.8. The Labute approximate surface area is 214 Å². The minimum absolute atomic E-state index is 0.0705. The molecule has 0 saturated carbocycles. The standard InChI is InChI=1S/C26H31N7O4/c1-31-22-10-9-19(14-21(22)29-30-31)15-28-24(34)23-16-32(26(36)37-17-18-6-3-2-4-7-18)12-13-33(23)25(35)20-8-5-11-27-20/h2-4,6-7,9-10,14,20,23,27H,5,8,11-13,15-17H2,1H3,(H,28,34)/t20-,23+/m1/s1. The number of carbonyl (C=O) groups excluding carboxylic acids is 3. The van der Waals surface area contributed by atoms with Gasteiger partial charge in [-0.3, -0.25) is 9.59 Å². The van der Waals surface area contributed by atoms with Gasteiger partial charge < -0.3 is 25.2 Å². The fraction of sp³-hybridized carbons (Fsp3) is 0.423. The second-order valence-corrected chi connectivity index (χ2v) is 9.44. The van der Waals surface area contributed by atoms with Crippen LogP contribution in [0.3, 0.4) is 0 Å². The van der Waals surface area contributed by atoms with E-state index in [0.717, 1.165) is 41.5 Å². The smallest absolute Gasteiger partial charge is 0.410 e. The number of aryl methyl sites for hydroxylation is 1. The van der Waals surface area contributed by atoms with Crippen molar-refractivity contribution in [3.63, 3.8) is 0 Å². The van der Waals surface area contributed by atoms with E-state index in [1.54, 1.807) is 9.58 Å². The van der Waals surface area contributed by atoms with Gasteiger partial charge in [-0.25, -0.2) is 9.48 Å². The molecule has 2 fully saturated rings. The van der Waals surface area contributed by atoms with Gasteiger partial charge in [0.05, 0.1) is 18.1 Å². The third kappa shape index (κ3) is 5.56. The van der Waals surface area contributed by atoms with Crippen molar-refractivity contribution in [3.8, 4) is 0 Å². The molecule has 0 spiro atoms.